The van der Waals surface area contributed by atoms with E-state index in [2.05, 4.69) is 53.7 Å². The highest BCUT2D eigenvalue weighted by molar-refractivity contribution is 9.10. The number of nitrogens with zero attached hydrogens (tertiary/aromatic N) is 1. The molecule has 2 nitrogen and oxygen atoms in total. The Morgan fingerprint density at radius 1 is 1.38 bits per heavy atom. The number of anilines is 1. The molecule has 0 N–H and O–H groups in total. The SMILES string of the molecule is Cc1cc(N2CC(=O)CC2(C)C)ccc1Br. The van der Waals surface area contributed by atoms with Crippen molar-refractivity contribution in [2.45, 2.75) is 32.7 Å². The summed E-state index contributed by atoms with van der Waals surface area (Å²) < 4.78 is 1.11. The predicted molar refractivity (Wildman–Crippen MR) is 69.9 cm³/mol. The van der Waals surface area contributed by atoms with Crippen molar-refractivity contribution in [1.29, 1.82) is 0 Å². The summed E-state index contributed by atoms with van der Waals surface area (Å²) in [5.41, 5.74) is 2.28. The second kappa shape index (κ2) is 3.88. The Bertz CT molecular complexity index is 440. The smallest absolute Gasteiger partial charge is 0.154 e. The second-order valence-electron chi connectivity index (χ2n) is 5.05. The number of ketones is 1. The first-order valence-electron chi connectivity index (χ1n) is 5.46. The predicted octanol–water partition coefficient (Wildman–Crippen LogP) is 3.32. The van der Waals surface area contributed by atoms with Crippen molar-refractivity contribution >= 4 is 27.4 Å². The van der Waals surface area contributed by atoms with Gasteiger partial charge in [0, 0.05) is 22.1 Å². The maximum atomic E-state index is 11.5. The van der Waals surface area contributed by atoms with Crippen molar-refractivity contribution in [1.82, 2.24) is 0 Å². The van der Waals surface area contributed by atoms with Gasteiger partial charge in [-0.2, -0.15) is 0 Å². The third kappa shape index (κ3) is 2.01. The van der Waals surface area contributed by atoms with Crippen molar-refractivity contribution in [2.75, 3.05) is 11.4 Å². The lowest BCUT2D eigenvalue weighted by Crippen LogP contribution is -2.38. The molecule has 1 aliphatic rings. The quantitative estimate of drug-likeness (QED) is 0.787. The molecule has 0 atom stereocenters. The van der Waals surface area contributed by atoms with Crippen molar-refractivity contribution in [2.24, 2.45) is 0 Å². The van der Waals surface area contributed by atoms with Crippen molar-refractivity contribution in [3.8, 4) is 0 Å². The van der Waals surface area contributed by atoms with Crippen molar-refractivity contribution in [3.05, 3.63) is 28.2 Å². The minimum absolute atomic E-state index is 0.0582. The number of carbonyl (C=O) groups is 1. The minimum Gasteiger partial charge on any atom is -0.359 e. The van der Waals surface area contributed by atoms with Gasteiger partial charge in [-0.1, -0.05) is 15.9 Å². The number of benzene rings is 1. The number of Topliss-reactive ketones (excluding diaryl/α,β-unsaturated/α-hetero) is 1. The van der Waals surface area contributed by atoms with Gasteiger partial charge in [0.25, 0.3) is 0 Å². The largest absolute Gasteiger partial charge is 0.359 e. The van der Waals surface area contributed by atoms with Crippen LogP contribution in [0.25, 0.3) is 0 Å². The first-order valence-corrected chi connectivity index (χ1v) is 6.25. The van der Waals surface area contributed by atoms with Gasteiger partial charge in [-0.3, -0.25) is 4.79 Å². The second-order valence-corrected chi connectivity index (χ2v) is 5.90. The van der Waals surface area contributed by atoms with Crippen molar-refractivity contribution < 1.29 is 4.79 Å². The van der Waals surface area contributed by atoms with Crippen molar-refractivity contribution in [3.63, 3.8) is 0 Å². The summed E-state index contributed by atoms with van der Waals surface area (Å²) >= 11 is 3.49. The Hall–Kier alpha value is -0.830. The van der Waals surface area contributed by atoms with E-state index in [1.165, 1.54) is 5.56 Å². The van der Waals surface area contributed by atoms with Gasteiger partial charge >= 0.3 is 0 Å². The maximum absolute atomic E-state index is 11.5. The van der Waals surface area contributed by atoms with Gasteiger partial charge in [-0.25, -0.2) is 0 Å². The molecule has 0 aliphatic carbocycles. The molecule has 1 aromatic carbocycles. The summed E-state index contributed by atoms with van der Waals surface area (Å²) in [4.78, 5) is 13.7. The van der Waals surface area contributed by atoms with E-state index >= 15 is 0 Å². The summed E-state index contributed by atoms with van der Waals surface area (Å²) in [6.45, 7) is 6.84. The molecule has 3 heteroatoms. The van der Waals surface area contributed by atoms with Crippen LogP contribution >= 0.6 is 15.9 Å². The van der Waals surface area contributed by atoms with Crippen LogP contribution in [0.1, 0.15) is 25.8 Å². The van der Waals surface area contributed by atoms with E-state index in [0.717, 1.165) is 10.2 Å². The monoisotopic (exact) mass is 281 g/mol. The fourth-order valence-corrected chi connectivity index (χ4v) is 2.51. The highest BCUT2D eigenvalue weighted by Crippen LogP contribution is 2.33. The Balaban J connectivity index is 2.37. The average Bonchev–Trinajstić information content (AvgIpc) is 2.44. The highest BCUT2D eigenvalue weighted by atomic mass is 79.9. The summed E-state index contributed by atoms with van der Waals surface area (Å²) in [5.74, 6) is 0.325. The Morgan fingerprint density at radius 3 is 2.56 bits per heavy atom. The van der Waals surface area contributed by atoms with Crippen LogP contribution in [0.4, 0.5) is 5.69 Å². The molecule has 0 radical (unpaired) electrons. The lowest BCUT2D eigenvalue weighted by Gasteiger charge is -2.33. The van der Waals surface area contributed by atoms with E-state index < -0.39 is 0 Å². The molecule has 1 aromatic rings. The molecule has 2 rings (SSSR count). The molecule has 1 aliphatic heterocycles. The van der Waals surface area contributed by atoms with E-state index in [9.17, 15) is 4.79 Å². The van der Waals surface area contributed by atoms with Gasteiger partial charge in [-0.05, 0) is 44.5 Å². The number of rotatable bonds is 1. The molecule has 0 bridgehead atoms. The normalized spacial score (nSPS) is 19.2. The summed E-state index contributed by atoms with van der Waals surface area (Å²) in [6, 6.07) is 6.24. The number of carbonyl (C=O) groups excluding carboxylic acids is 1. The van der Waals surface area contributed by atoms with Gasteiger partial charge in [0.2, 0.25) is 0 Å². The zero-order valence-electron chi connectivity index (χ0n) is 9.88. The summed E-state index contributed by atoms with van der Waals surface area (Å²) in [6.07, 6.45) is 0.641. The third-order valence-electron chi connectivity index (χ3n) is 3.15. The zero-order valence-corrected chi connectivity index (χ0v) is 11.5. The Labute approximate surface area is 105 Å². The molecule has 0 amide bonds. The third-order valence-corrected chi connectivity index (χ3v) is 4.04. The van der Waals surface area contributed by atoms with E-state index in [-0.39, 0.29) is 5.54 Å². The first kappa shape index (κ1) is 11.6. The molecule has 0 aromatic heterocycles. The van der Waals surface area contributed by atoms with Crippen LogP contribution in [0.15, 0.2) is 22.7 Å². The fraction of sp³-hybridized carbons (Fsp3) is 0.462. The minimum atomic E-state index is -0.0582. The van der Waals surface area contributed by atoms with Gasteiger partial charge in [0.1, 0.15) is 0 Å². The molecular formula is C13H16BrNO. The number of hydrogen-bond acceptors (Lipinski definition) is 2. The van der Waals surface area contributed by atoms with E-state index in [1.807, 2.05) is 6.07 Å². The van der Waals surface area contributed by atoms with E-state index in [0.29, 0.717) is 18.7 Å². The molecule has 1 fully saturated rings. The number of hydrogen-bond donors (Lipinski definition) is 0. The highest BCUT2D eigenvalue weighted by Gasteiger charge is 2.37. The Kier molecular flexibility index (Phi) is 2.82. The molecule has 1 heterocycles. The van der Waals surface area contributed by atoms with Crippen LogP contribution in [-0.4, -0.2) is 17.9 Å². The fourth-order valence-electron chi connectivity index (χ4n) is 2.26. The standard InChI is InChI=1S/C13H16BrNO/c1-9-6-10(4-5-12(9)14)15-8-11(16)7-13(15,2)3/h4-6H,7-8H2,1-3H3. The van der Waals surface area contributed by atoms with Crippen LogP contribution in [0.2, 0.25) is 0 Å². The summed E-state index contributed by atoms with van der Waals surface area (Å²) in [5, 5.41) is 0. The van der Waals surface area contributed by atoms with E-state index in [4.69, 9.17) is 0 Å². The van der Waals surface area contributed by atoms with Gasteiger partial charge in [0.15, 0.2) is 5.78 Å². The van der Waals surface area contributed by atoms with Gasteiger partial charge in [0.05, 0.1) is 6.54 Å². The number of aryl methyl sites for hydroxylation is 1. The topological polar surface area (TPSA) is 20.3 Å². The zero-order chi connectivity index (χ0) is 11.9. The molecule has 16 heavy (non-hydrogen) atoms. The van der Waals surface area contributed by atoms with Gasteiger partial charge < -0.3 is 4.90 Å². The molecule has 86 valence electrons. The van der Waals surface area contributed by atoms with Crippen LogP contribution in [0.5, 0.6) is 0 Å². The van der Waals surface area contributed by atoms with Gasteiger partial charge in [-0.15, -0.1) is 0 Å². The molecule has 0 spiro atoms. The lowest BCUT2D eigenvalue weighted by atomic mass is 10.0. The molecule has 0 unspecified atom stereocenters. The summed E-state index contributed by atoms with van der Waals surface area (Å²) in [7, 11) is 0. The number of halogens is 1. The molecule has 0 saturated carbocycles. The first-order chi connectivity index (χ1) is 7.40. The average molecular weight is 282 g/mol. The Morgan fingerprint density at radius 2 is 2.06 bits per heavy atom. The van der Waals surface area contributed by atoms with Crippen LogP contribution in [-0.2, 0) is 4.79 Å². The van der Waals surface area contributed by atoms with E-state index in [1.54, 1.807) is 0 Å². The maximum Gasteiger partial charge on any atom is 0.154 e. The van der Waals surface area contributed by atoms with Crippen LogP contribution < -0.4 is 4.90 Å². The van der Waals surface area contributed by atoms with Crippen LogP contribution in [0.3, 0.4) is 0 Å². The van der Waals surface area contributed by atoms with Crippen LogP contribution in [0, 0.1) is 6.92 Å². The molecule has 1 saturated heterocycles. The molecular weight excluding hydrogens is 266 g/mol. The lowest BCUT2D eigenvalue weighted by molar-refractivity contribution is -0.116.